The van der Waals surface area contributed by atoms with Crippen molar-refractivity contribution >= 4 is 62.1 Å². The maximum absolute atomic E-state index is 12.9. The lowest BCUT2D eigenvalue weighted by molar-refractivity contribution is 0.0664. The summed E-state index contributed by atoms with van der Waals surface area (Å²) in [5, 5.41) is 2.16. The number of hydrogen-bond donors (Lipinski definition) is 0. The number of amides is 1. The standard InChI is InChI=1S/C16H17Cl3N2OS/c1-20-5-3-10(4-6-20)21(2)16(22)15-14(19)13-11(18)7-9(17)8-12(13)23-15/h7-8,10H,3-6H2,1-2H3. The van der Waals surface area contributed by atoms with E-state index < -0.39 is 0 Å². The molecular weight excluding hydrogens is 375 g/mol. The Morgan fingerprint density at radius 3 is 2.57 bits per heavy atom. The van der Waals surface area contributed by atoms with Crippen LogP contribution in [0.2, 0.25) is 15.1 Å². The molecule has 3 nitrogen and oxygen atoms in total. The normalized spacial score (nSPS) is 16.9. The summed E-state index contributed by atoms with van der Waals surface area (Å²) in [6.45, 7) is 2.01. The number of nitrogens with zero attached hydrogens (tertiary/aromatic N) is 2. The highest BCUT2D eigenvalue weighted by molar-refractivity contribution is 7.21. The Bertz CT molecular complexity index is 753. The van der Waals surface area contributed by atoms with Gasteiger partial charge in [0.15, 0.2) is 0 Å². The minimum Gasteiger partial charge on any atom is -0.338 e. The first kappa shape index (κ1) is 17.3. The van der Waals surface area contributed by atoms with Crippen LogP contribution in [0.25, 0.3) is 10.1 Å². The summed E-state index contributed by atoms with van der Waals surface area (Å²) in [5.41, 5.74) is 0. The van der Waals surface area contributed by atoms with Crippen molar-refractivity contribution < 1.29 is 4.79 Å². The van der Waals surface area contributed by atoms with Crippen molar-refractivity contribution in [3.8, 4) is 0 Å². The fourth-order valence-corrected chi connectivity index (χ4v) is 5.31. The first-order valence-corrected chi connectivity index (χ1v) is 9.36. The van der Waals surface area contributed by atoms with E-state index in [1.807, 2.05) is 11.9 Å². The highest BCUT2D eigenvalue weighted by Gasteiger charge is 2.28. The Hall–Kier alpha value is -0.520. The average molecular weight is 392 g/mol. The Morgan fingerprint density at radius 1 is 1.26 bits per heavy atom. The fraction of sp³-hybridized carbons (Fsp3) is 0.438. The average Bonchev–Trinajstić information content (AvgIpc) is 2.83. The molecule has 2 heterocycles. The Morgan fingerprint density at radius 2 is 1.91 bits per heavy atom. The van der Waals surface area contributed by atoms with Crippen LogP contribution in [0.5, 0.6) is 0 Å². The summed E-state index contributed by atoms with van der Waals surface area (Å²) < 4.78 is 0.840. The predicted molar refractivity (Wildman–Crippen MR) is 99.5 cm³/mol. The number of likely N-dealkylation sites (tertiary alicyclic amines) is 1. The number of carbonyl (C=O) groups is 1. The molecule has 3 rings (SSSR count). The lowest BCUT2D eigenvalue weighted by atomic mass is 10.0. The molecule has 0 spiro atoms. The molecular formula is C16H17Cl3N2OS. The molecule has 0 N–H and O–H groups in total. The Balaban J connectivity index is 1.92. The van der Waals surface area contributed by atoms with Crippen LogP contribution in [0.15, 0.2) is 12.1 Å². The maximum atomic E-state index is 12.9. The van der Waals surface area contributed by atoms with Crippen LogP contribution in [-0.4, -0.2) is 48.9 Å². The first-order valence-electron chi connectivity index (χ1n) is 7.41. The van der Waals surface area contributed by atoms with E-state index in [1.54, 1.807) is 12.1 Å². The molecule has 0 radical (unpaired) electrons. The van der Waals surface area contributed by atoms with Crippen LogP contribution in [0.4, 0.5) is 0 Å². The van der Waals surface area contributed by atoms with Crippen LogP contribution in [0.3, 0.4) is 0 Å². The summed E-state index contributed by atoms with van der Waals surface area (Å²) in [4.78, 5) is 17.5. The van der Waals surface area contributed by atoms with Gasteiger partial charge in [-0.15, -0.1) is 11.3 Å². The van der Waals surface area contributed by atoms with Gasteiger partial charge in [0.2, 0.25) is 0 Å². The lowest BCUT2D eigenvalue weighted by Crippen LogP contribution is -2.44. The van der Waals surface area contributed by atoms with Crippen molar-refractivity contribution in [3.05, 3.63) is 32.1 Å². The molecule has 1 amide bonds. The number of rotatable bonds is 2. The molecule has 1 aliphatic heterocycles. The number of carbonyl (C=O) groups excluding carboxylic acids is 1. The molecule has 0 unspecified atom stereocenters. The molecule has 23 heavy (non-hydrogen) atoms. The van der Waals surface area contributed by atoms with Crippen molar-refractivity contribution in [1.29, 1.82) is 0 Å². The summed E-state index contributed by atoms with van der Waals surface area (Å²) in [6, 6.07) is 3.70. The third kappa shape index (κ3) is 3.33. The molecule has 7 heteroatoms. The van der Waals surface area contributed by atoms with Gasteiger partial charge >= 0.3 is 0 Å². The van der Waals surface area contributed by atoms with Crippen molar-refractivity contribution in [2.24, 2.45) is 0 Å². The first-order chi connectivity index (χ1) is 10.9. The SMILES string of the molecule is CN1CCC(N(C)C(=O)c2sc3cc(Cl)cc(Cl)c3c2Cl)CC1. The van der Waals surface area contributed by atoms with Crippen molar-refractivity contribution in [2.45, 2.75) is 18.9 Å². The molecule has 1 aromatic carbocycles. The third-order valence-corrected chi connectivity index (χ3v) is 6.53. The highest BCUT2D eigenvalue weighted by Crippen LogP contribution is 2.41. The van der Waals surface area contributed by atoms with Crippen LogP contribution in [0, 0.1) is 0 Å². The zero-order chi connectivity index (χ0) is 16.7. The third-order valence-electron chi connectivity index (χ3n) is 4.40. The number of hydrogen-bond acceptors (Lipinski definition) is 3. The van der Waals surface area contributed by atoms with E-state index in [4.69, 9.17) is 34.8 Å². The molecule has 0 atom stereocenters. The maximum Gasteiger partial charge on any atom is 0.265 e. The second kappa shape index (κ2) is 6.77. The van der Waals surface area contributed by atoms with Gasteiger partial charge in [-0.25, -0.2) is 0 Å². The van der Waals surface area contributed by atoms with E-state index in [0.29, 0.717) is 25.3 Å². The minimum atomic E-state index is -0.0436. The molecule has 1 aliphatic rings. The van der Waals surface area contributed by atoms with Crippen molar-refractivity contribution in [1.82, 2.24) is 9.80 Å². The molecule has 1 saturated heterocycles. The fourth-order valence-electron chi connectivity index (χ4n) is 2.96. The second-order valence-corrected chi connectivity index (χ2v) is 8.23. The molecule has 0 bridgehead atoms. The largest absolute Gasteiger partial charge is 0.338 e. The van der Waals surface area contributed by atoms with Gasteiger partial charge in [0.05, 0.1) is 10.0 Å². The molecule has 2 aromatic rings. The van der Waals surface area contributed by atoms with Gasteiger partial charge < -0.3 is 9.80 Å². The van der Waals surface area contributed by atoms with E-state index in [1.165, 1.54) is 11.3 Å². The lowest BCUT2D eigenvalue weighted by Gasteiger charge is -2.35. The van der Waals surface area contributed by atoms with Crippen molar-refractivity contribution in [3.63, 3.8) is 0 Å². The molecule has 1 aromatic heterocycles. The monoisotopic (exact) mass is 390 g/mol. The zero-order valence-corrected chi connectivity index (χ0v) is 16.0. The van der Waals surface area contributed by atoms with Crippen LogP contribution in [-0.2, 0) is 0 Å². The van der Waals surface area contributed by atoms with Crippen molar-refractivity contribution in [2.75, 3.05) is 27.2 Å². The molecule has 0 aliphatic carbocycles. The Labute approximate surface area is 154 Å². The smallest absolute Gasteiger partial charge is 0.265 e. The number of thiophene rings is 1. The number of fused-ring (bicyclic) bond motifs is 1. The zero-order valence-electron chi connectivity index (χ0n) is 12.9. The quantitative estimate of drug-likeness (QED) is 0.717. The second-order valence-electron chi connectivity index (χ2n) is 5.96. The summed E-state index contributed by atoms with van der Waals surface area (Å²) in [6.07, 6.45) is 1.96. The van der Waals surface area contributed by atoms with Gasteiger partial charge in [0.1, 0.15) is 4.88 Å². The van der Waals surface area contributed by atoms with Crippen LogP contribution >= 0.6 is 46.1 Å². The molecule has 124 valence electrons. The van der Waals surface area contributed by atoms with E-state index >= 15 is 0 Å². The highest BCUT2D eigenvalue weighted by atomic mass is 35.5. The number of benzene rings is 1. The van der Waals surface area contributed by atoms with Gasteiger partial charge in [0.25, 0.3) is 5.91 Å². The summed E-state index contributed by atoms with van der Waals surface area (Å²) in [7, 11) is 3.96. The van der Waals surface area contributed by atoms with E-state index in [-0.39, 0.29) is 11.9 Å². The van der Waals surface area contributed by atoms with Gasteiger partial charge in [0, 0.05) is 28.2 Å². The van der Waals surface area contributed by atoms with Crippen LogP contribution in [0.1, 0.15) is 22.5 Å². The van der Waals surface area contributed by atoms with Gasteiger partial charge in [-0.2, -0.15) is 0 Å². The predicted octanol–water partition coefficient (Wildman–Crippen LogP) is 5.03. The van der Waals surface area contributed by atoms with E-state index in [2.05, 4.69) is 11.9 Å². The van der Waals surface area contributed by atoms with Gasteiger partial charge in [-0.1, -0.05) is 34.8 Å². The van der Waals surface area contributed by atoms with E-state index in [9.17, 15) is 4.79 Å². The van der Waals surface area contributed by atoms with E-state index in [0.717, 1.165) is 30.6 Å². The van der Waals surface area contributed by atoms with Gasteiger partial charge in [-0.05, 0) is 45.1 Å². The number of halogens is 3. The minimum absolute atomic E-state index is 0.0436. The Kier molecular flexibility index (Phi) is 5.09. The summed E-state index contributed by atoms with van der Waals surface area (Å²) >= 11 is 20.1. The number of piperidine rings is 1. The van der Waals surface area contributed by atoms with Crippen LogP contribution < -0.4 is 0 Å². The molecule has 0 saturated carbocycles. The topological polar surface area (TPSA) is 23.6 Å². The molecule has 1 fully saturated rings. The van der Waals surface area contributed by atoms with Gasteiger partial charge in [-0.3, -0.25) is 4.79 Å². The summed E-state index contributed by atoms with van der Waals surface area (Å²) in [5.74, 6) is -0.0436.